The van der Waals surface area contributed by atoms with Gasteiger partial charge in [-0.05, 0) is 104 Å². The number of fused-ring (bicyclic) bond motifs is 5. The van der Waals surface area contributed by atoms with E-state index in [0.29, 0.717) is 44.1 Å². The molecule has 0 bridgehead atoms. The molecule has 6 fully saturated rings. The quantitative estimate of drug-likeness (QED) is 0.139. The zero-order chi connectivity index (χ0) is 45.1. The Morgan fingerprint density at radius 3 is 2.00 bits per heavy atom. The fourth-order valence-corrected chi connectivity index (χ4v) is 12.8. The van der Waals surface area contributed by atoms with Crippen LogP contribution < -0.4 is 0 Å². The Bertz CT molecular complexity index is 1670. The molecule has 3 aliphatic heterocycles. The lowest BCUT2D eigenvalue weighted by molar-refractivity contribution is -0.352. The van der Waals surface area contributed by atoms with Gasteiger partial charge in [-0.15, -0.1) is 0 Å². The van der Waals surface area contributed by atoms with Crippen LogP contribution in [0.4, 0.5) is 0 Å². The van der Waals surface area contributed by atoms with Gasteiger partial charge in [-0.25, -0.2) is 4.79 Å². The smallest absolute Gasteiger partial charge is 0.333 e. The third-order valence-corrected chi connectivity index (χ3v) is 16.6. The van der Waals surface area contributed by atoms with Crippen molar-refractivity contribution in [1.29, 1.82) is 0 Å². The van der Waals surface area contributed by atoms with Crippen molar-refractivity contribution in [2.45, 2.75) is 211 Å². The van der Waals surface area contributed by atoms with E-state index in [1.807, 2.05) is 27.7 Å². The van der Waals surface area contributed by atoms with E-state index in [4.69, 9.17) is 47.4 Å². The third-order valence-electron chi connectivity index (χ3n) is 16.6. The van der Waals surface area contributed by atoms with Crippen LogP contribution in [-0.4, -0.2) is 146 Å². The lowest BCUT2D eigenvalue weighted by Gasteiger charge is -2.63. The molecule has 15 heteroatoms. The molecule has 7 rings (SSSR count). The van der Waals surface area contributed by atoms with E-state index in [1.54, 1.807) is 41.1 Å². The van der Waals surface area contributed by atoms with Crippen LogP contribution in [0.5, 0.6) is 0 Å². The number of aliphatic hydroxyl groups excluding tert-OH is 2. The van der Waals surface area contributed by atoms with Gasteiger partial charge < -0.3 is 62.7 Å². The highest BCUT2D eigenvalue weighted by Crippen LogP contribution is 2.68. The minimum atomic E-state index is -1.22. The first-order chi connectivity index (χ1) is 29.3. The maximum absolute atomic E-state index is 13.3. The van der Waals surface area contributed by atoms with Crippen LogP contribution >= 0.6 is 0 Å². The third kappa shape index (κ3) is 8.42. The molecule has 7 aliphatic rings. The lowest BCUT2D eigenvalue weighted by Crippen LogP contribution is -2.66. The van der Waals surface area contributed by atoms with Gasteiger partial charge in [-0.1, -0.05) is 31.6 Å². The Balaban J connectivity index is 0.980. The molecule has 21 atom stereocenters. The maximum Gasteiger partial charge on any atom is 0.333 e. The molecule has 3 saturated heterocycles. The van der Waals surface area contributed by atoms with Crippen molar-refractivity contribution < 1.29 is 72.3 Å². The van der Waals surface area contributed by atoms with Crippen molar-refractivity contribution in [3.8, 4) is 0 Å². The van der Waals surface area contributed by atoms with E-state index < -0.39 is 96.9 Å². The van der Waals surface area contributed by atoms with E-state index in [0.717, 1.165) is 19.3 Å². The van der Waals surface area contributed by atoms with Crippen LogP contribution in [0.25, 0.3) is 0 Å². The summed E-state index contributed by atoms with van der Waals surface area (Å²) in [7, 11) is 4.68. The van der Waals surface area contributed by atoms with Crippen LogP contribution in [0, 0.1) is 28.6 Å². The molecule has 0 aromatic carbocycles. The molecule has 0 aromatic heterocycles. The molecule has 3 heterocycles. The van der Waals surface area contributed by atoms with Gasteiger partial charge in [0.2, 0.25) is 0 Å². The van der Waals surface area contributed by atoms with Gasteiger partial charge in [0.05, 0.1) is 42.2 Å². The molecule has 62 heavy (non-hydrogen) atoms. The number of carbonyl (C=O) groups is 2. The van der Waals surface area contributed by atoms with Crippen LogP contribution in [0.1, 0.15) is 113 Å². The second-order valence-corrected chi connectivity index (χ2v) is 19.8. The van der Waals surface area contributed by atoms with Crippen molar-refractivity contribution in [2.75, 3.05) is 21.3 Å². The van der Waals surface area contributed by atoms with Crippen LogP contribution in [0.15, 0.2) is 23.3 Å². The van der Waals surface area contributed by atoms with Crippen molar-refractivity contribution in [3.63, 3.8) is 0 Å². The predicted molar refractivity (Wildman–Crippen MR) is 223 cm³/mol. The zero-order valence-corrected chi connectivity index (χ0v) is 38.7. The van der Waals surface area contributed by atoms with Crippen molar-refractivity contribution in [2.24, 2.45) is 28.6 Å². The first kappa shape index (κ1) is 48.1. The summed E-state index contributed by atoms with van der Waals surface area (Å²) < 4.78 is 61.8. The molecule has 3 N–H and O–H groups in total. The van der Waals surface area contributed by atoms with Gasteiger partial charge in [-0.2, -0.15) is 0 Å². The molecule has 15 nitrogen and oxygen atoms in total. The summed E-state index contributed by atoms with van der Waals surface area (Å²) in [6.45, 7) is 15.0. The van der Waals surface area contributed by atoms with Crippen LogP contribution in [0.3, 0.4) is 0 Å². The summed E-state index contributed by atoms with van der Waals surface area (Å²) >= 11 is 0. The van der Waals surface area contributed by atoms with E-state index in [1.165, 1.54) is 12.7 Å². The Morgan fingerprint density at radius 2 is 1.40 bits per heavy atom. The molecule has 6 unspecified atom stereocenters. The Hall–Kier alpha value is -1.86. The first-order valence-electron chi connectivity index (χ1n) is 23.0. The largest absolute Gasteiger partial charge is 0.458 e. The van der Waals surface area contributed by atoms with Crippen LogP contribution in [0.2, 0.25) is 0 Å². The van der Waals surface area contributed by atoms with E-state index in [2.05, 4.69) is 13.0 Å². The van der Waals surface area contributed by atoms with E-state index in [9.17, 15) is 24.9 Å². The lowest BCUT2D eigenvalue weighted by atomic mass is 9.45. The Labute approximate surface area is 367 Å². The molecule has 3 saturated carbocycles. The number of Topliss-reactive ketones (excluding diaryl/α,β-unsaturated/α-hetero) is 1. The molecular formula is C47H74O15. The topological polar surface area (TPSA) is 187 Å². The molecule has 0 radical (unpaired) electrons. The van der Waals surface area contributed by atoms with Crippen LogP contribution in [-0.2, 0) is 57.0 Å². The van der Waals surface area contributed by atoms with Crippen molar-refractivity contribution >= 4 is 11.8 Å². The molecule has 0 spiro atoms. The molecule has 0 aromatic rings. The number of rotatable bonds is 12. The first-order valence-corrected chi connectivity index (χ1v) is 23.0. The standard InChI is InChI=1S/C47H74O15/c1-12-23(2)43(51)60-35-20-32-31(47(52)18-16-30(24(3)48)46(35,47)8)14-13-28-19-29(15-17-45(28,32)7)59-36-21-33(53-9)40(26(5)56-36)61-37-22-34(54-10)41(27(6)57-37)62-44-39(50)42(55-11)38(49)25(4)58-44/h12-13,25-27,29-42,44,49-50,52H,14-22H2,1-11H3/b23-12+/t25?,26?,27?,29-,30+,31?,32?,33+,34+,35+,36-,37-,38+,39?,40+,41+,42-,44-,45-,46-,47-/m0/s1. The summed E-state index contributed by atoms with van der Waals surface area (Å²) in [6, 6.07) is 0. The number of methoxy groups -OCH3 is 3. The summed E-state index contributed by atoms with van der Waals surface area (Å²) in [4.78, 5) is 26.4. The Kier molecular flexibility index (Phi) is 14.6. The molecule has 0 amide bonds. The summed E-state index contributed by atoms with van der Waals surface area (Å²) in [5.74, 6) is -0.727. The number of ketones is 1. The van der Waals surface area contributed by atoms with E-state index >= 15 is 0 Å². The maximum atomic E-state index is 13.3. The number of hydrogen-bond donors (Lipinski definition) is 3. The minimum Gasteiger partial charge on any atom is -0.458 e. The number of ether oxygens (including phenoxy) is 10. The normalized spacial score (nSPS) is 49.6. The second-order valence-electron chi connectivity index (χ2n) is 19.8. The predicted octanol–water partition coefficient (Wildman–Crippen LogP) is 4.69. The van der Waals surface area contributed by atoms with Crippen molar-refractivity contribution in [1.82, 2.24) is 0 Å². The second kappa shape index (κ2) is 18.8. The average Bonchev–Trinajstić information content (AvgIpc) is 3.53. The highest BCUT2D eigenvalue weighted by Gasteiger charge is 2.71. The zero-order valence-electron chi connectivity index (χ0n) is 38.7. The number of aliphatic hydroxyl groups is 3. The van der Waals surface area contributed by atoms with Gasteiger partial charge in [0.1, 0.15) is 42.4 Å². The number of carbonyl (C=O) groups excluding carboxylic acids is 2. The number of esters is 1. The molecule has 4 aliphatic carbocycles. The highest BCUT2D eigenvalue weighted by molar-refractivity contribution is 5.88. The monoisotopic (exact) mass is 879 g/mol. The number of hydrogen-bond acceptors (Lipinski definition) is 15. The number of allylic oxidation sites excluding steroid dienone is 2. The summed E-state index contributed by atoms with van der Waals surface area (Å²) in [5, 5.41) is 34.1. The summed E-state index contributed by atoms with van der Waals surface area (Å²) in [5.41, 5.74) is -0.439. The molecular weight excluding hydrogens is 805 g/mol. The summed E-state index contributed by atoms with van der Waals surface area (Å²) in [6.07, 6.45) is 0.173. The van der Waals surface area contributed by atoms with Gasteiger partial charge in [0.15, 0.2) is 18.9 Å². The van der Waals surface area contributed by atoms with Gasteiger partial charge in [0.25, 0.3) is 0 Å². The van der Waals surface area contributed by atoms with Gasteiger partial charge >= 0.3 is 5.97 Å². The fourth-order valence-electron chi connectivity index (χ4n) is 12.8. The van der Waals surface area contributed by atoms with E-state index in [-0.39, 0.29) is 41.2 Å². The SMILES string of the molecule is C/C=C(\C)C(=O)O[C@@H]1CC2C(CC=C3C[C@@H](O[C@H]4C[C@@H](OC)[C@H](O[C@H]5C[C@@H](OC)[C@H](O[C@@H]6OC(C)[C@@H](O)[C@H](OC)C6O)C(C)O5)C(C)O4)CC[C@@]32C)[C@@]2(O)CC[C@H](C(C)=O)[C@@]12C. The fraction of sp³-hybridized carbons (Fsp3) is 0.872. The minimum absolute atomic E-state index is 0.0391. The Morgan fingerprint density at radius 1 is 0.774 bits per heavy atom. The average molecular weight is 879 g/mol. The van der Waals surface area contributed by atoms with Crippen molar-refractivity contribution in [3.05, 3.63) is 23.3 Å². The van der Waals surface area contributed by atoms with Gasteiger partial charge in [0, 0.05) is 51.1 Å². The van der Waals surface area contributed by atoms with Gasteiger partial charge in [-0.3, -0.25) is 4.79 Å². The molecule has 352 valence electrons. The highest BCUT2D eigenvalue weighted by atomic mass is 16.8.